The van der Waals surface area contributed by atoms with E-state index in [-0.39, 0.29) is 5.91 Å². The average Bonchev–Trinajstić information content (AvgIpc) is 2.55. The lowest BCUT2D eigenvalue weighted by molar-refractivity contribution is 0.0953. The van der Waals surface area contributed by atoms with E-state index in [0.29, 0.717) is 43.2 Å². The van der Waals surface area contributed by atoms with E-state index in [9.17, 15) is 4.79 Å². The number of carbonyl (C=O) groups is 1. The van der Waals surface area contributed by atoms with Crippen LogP contribution in [0.4, 0.5) is 0 Å². The molecule has 1 aliphatic rings. The van der Waals surface area contributed by atoms with E-state index in [4.69, 9.17) is 9.47 Å². The second kappa shape index (κ2) is 6.26. The van der Waals surface area contributed by atoms with E-state index in [1.165, 1.54) is 0 Å². The molecule has 1 aromatic carbocycles. The molecule has 21 heavy (non-hydrogen) atoms. The smallest absolute Gasteiger partial charge is 0.251 e. The fourth-order valence-corrected chi connectivity index (χ4v) is 2.14. The van der Waals surface area contributed by atoms with Gasteiger partial charge >= 0.3 is 0 Å². The van der Waals surface area contributed by atoms with Crippen molar-refractivity contribution in [1.82, 2.24) is 10.3 Å². The van der Waals surface area contributed by atoms with Crippen LogP contribution in [0.15, 0.2) is 42.6 Å². The van der Waals surface area contributed by atoms with Crippen LogP contribution in [0.1, 0.15) is 16.1 Å². The van der Waals surface area contributed by atoms with Gasteiger partial charge in [-0.25, -0.2) is 0 Å². The highest BCUT2D eigenvalue weighted by molar-refractivity contribution is 5.94. The third-order valence-electron chi connectivity index (χ3n) is 3.20. The van der Waals surface area contributed by atoms with Crippen molar-refractivity contribution in [1.29, 1.82) is 0 Å². The zero-order chi connectivity index (χ0) is 14.5. The highest BCUT2D eigenvalue weighted by Gasteiger charge is 2.14. The molecular formula is C16H16N2O3. The Kier molecular flexibility index (Phi) is 4.00. The molecule has 2 aromatic rings. The van der Waals surface area contributed by atoms with Crippen LogP contribution in [0.25, 0.3) is 0 Å². The number of rotatable bonds is 4. The average molecular weight is 284 g/mol. The van der Waals surface area contributed by atoms with Crippen LogP contribution < -0.4 is 14.8 Å². The van der Waals surface area contributed by atoms with E-state index in [1.807, 2.05) is 18.2 Å². The van der Waals surface area contributed by atoms with Crippen LogP contribution in [-0.2, 0) is 6.42 Å². The molecule has 0 radical (unpaired) electrons. The Morgan fingerprint density at radius 2 is 2.00 bits per heavy atom. The number of aromatic nitrogens is 1. The van der Waals surface area contributed by atoms with E-state index < -0.39 is 0 Å². The second-order valence-electron chi connectivity index (χ2n) is 4.69. The van der Waals surface area contributed by atoms with Gasteiger partial charge in [0.15, 0.2) is 11.5 Å². The van der Waals surface area contributed by atoms with Crippen LogP contribution in [0.2, 0.25) is 0 Å². The third kappa shape index (κ3) is 3.31. The highest BCUT2D eigenvalue weighted by atomic mass is 16.6. The molecule has 0 bridgehead atoms. The topological polar surface area (TPSA) is 60.5 Å². The molecule has 0 saturated heterocycles. The molecule has 0 aliphatic carbocycles. The van der Waals surface area contributed by atoms with Gasteiger partial charge in [-0.15, -0.1) is 0 Å². The Bertz CT molecular complexity index is 629. The summed E-state index contributed by atoms with van der Waals surface area (Å²) in [5.74, 6) is 1.19. The minimum Gasteiger partial charge on any atom is -0.486 e. The van der Waals surface area contributed by atoms with Crippen molar-refractivity contribution in [3.05, 3.63) is 53.9 Å². The molecular weight excluding hydrogens is 268 g/mol. The van der Waals surface area contributed by atoms with Gasteiger partial charge in [0, 0.05) is 30.4 Å². The van der Waals surface area contributed by atoms with Crippen molar-refractivity contribution in [2.24, 2.45) is 0 Å². The van der Waals surface area contributed by atoms with Gasteiger partial charge in [-0.3, -0.25) is 9.78 Å². The number of fused-ring (bicyclic) bond motifs is 1. The standard InChI is InChI=1S/C16H16N2O3/c19-16(18-8-6-13-3-1-2-7-17-13)12-4-5-14-15(11-12)21-10-9-20-14/h1-5,7,11H,6,8-10H2,(H,18,19). The zero-order valence-corrected chi connectivity index (χ0v) is 11.5. The normalized spacial score (nSPS) is 12.8. The zero-order valence-electron chi connectivity index (χ0n) is 11.5. The molecule has 108 valence electrons. The van der Waals surface area contributed by atoms with E-state index >= 15 is 0 Å². The summed E-state index contributed by atoms with van der Waals surface area (Å²) in [6, 6.07) is 11.0. The maximum atomic E-state index is 12.1. The molecule has 0 fully saturated rings. The summed E-state index contributed by atoms with van der Waals surface area (Å²) in [6.07, 6.45) is 2.45. The van der Waals surface area contributed by atoms with Crippen molar-refractivity contribution < 1.29 is 14.3 Å². The summed E-state index contributed by atoms with van der Waals surface area (Å²) in [7, 11) is 0. The minimum atomic E-state index is -0.122. The summed E-state index contributed by atoms with van der Waals surface area (Å²) >= 11 is 0. The molecule has 1 N–H and O–H groups in total. The SMILES string of the molecule is O=C(NCCc1ccccn1)c1ccc2c(c1)OCCO2. The largest absolute Gasteiger partial charge is 0.486 e. The second-order valence-corrected chi connectivity index (χ2v) is 4.69. The first kappa shape index (κ1) is 13.4. The maximum absolute atomic E-state index is 12.1. The monoisotopic (exact) mass is 284 g/mol. The molecule has 1 aliphatic heterocycles. The number of amides is 1. The number of nitrogens with one attached hydrogen (secondary N) is 1. The Balaban J connectivity index is 1.58. The molecule has 3 rings (SSSR count). The molecule has 1 amide bonds. The molecule has 5 heteroatoms. The van der Waals surface area contributed by atoms with Crippen LogP contribution in [0, 0.1) is 0 Å². The van der Waals surface area contributed by atoms with Crippen LogP contribution >= 0.6 is 0 Å². The fraction of sp³-hybridized carbons (Fsp3) is 0.250. The molecule has 2 heterocycles. The molecule has 0 unspecified atom stereocenters. The molecule has 0 saturated carbocycles. The lowest BCUT2D eigenvalue weighted by Crippen LogP contribution is -2.26. The first-order valence-corrected chi connectivity index (χ1v) is 6.91. The maximum Gasteiger partial charge on any atom is 0.251 e. The fourth-order valence-electron chi connectivity index (χ4n) is 2.14. The van der Waals surface area contributed by atoms with Gasteiger partial charge in [-0.1, -0.05) is 6.07 Å². The van der Waals surface area contributed by atoms with Crippen molar-refractivity contribution >= 4 is 5.91 Å². The third-order valence-corrected chi connectivity index (χ3v) is 3.20. The molecule has 5 nitrogen and oxygen atoms in total. The van der Waals surface area contributed by atoms with Gasteiger partial charge < -0.3 is 14.8 Å². The predicted molar refractivity (Wildman–Crippen MR) is 77.7 cm³/mol. The summed E-state index contributed by atoms with van der Waals surface area (Å²) in [6.45, 7) is 1.60. The van der Waals surface area contributed by atoms with Crippen LogP contribution in [-0.4, -0.2) is 30.6 Å². The lowest BCUT2D eigenvalue weighted by Gasteiger charge is -2.18. The first-order chi connectivity index (χ1) is 10.3. The summed E-state index contributed by atoms with van der Waals surface area (Å²) in [4.78, 5) is 16.3. The molecule has 1 aromatic heterocycles. The predicted octanol–water partition coefficient (Wildman–Crippen LogP) is 1.83. The number of hydrogen-bond acceptors (Lipinski definition) is 4. The Morgan fingerprint density at radius 3 is 2.81 bits per heavy atom. The summed E-state index contributed by atoms with van der Waals surface area (Å²) < 4.78 is 10.9. The van der Waals surface area contributed by atoms with E-state index in [2.05, 4.69) is 10.3 Å². The van der Waals surface area contributed by atoms with Crippen molar-refractivity contribution in [2.75, 3.05) is 19.8 Å². The molecule has 0 spiro atoms. The van der Waals surface area contributed by atoms with Gasteiger partial charge in [-0.05, 0) is 30.3 Å². The number of hydrogen-bond donors (Lipinski definition) is 1. The molecule has 0 atom stereocenters. The number of benzene rings is 1. The number of ether oxygens (including phenoxy) is 2. The van der Waals surface area contributed by atoms with Gasteiger partial charge in [0.05, 0.1) is 0 Å². The Labute approximate surface area is 122 Å². The number of nitrogens with zero attached hydrogens (tertiary/aromatic N) is 1. The van der Waals surface area contributed by atoms with Crippen molar-refractivity contribution in [3.8, 4) is 11.5 Å². The summed E-state index contributed by atoms with van der Waals surface area (Å²) in [5.41, 5.74) is 1.53. The van der Waals surface area contributed by atoms with E-state index in [1.54, 1.807) is 24.4 Å². The van der Waals surface area contributed by atoms with Crippen molar-refractivity contribution in [3.63, 3.8) is 0 Å². The Morgan fingerprint density at radius 1 is 1.14 bits per heavy atom. The van der Waals surface area contributed by atoms with Crippen LogP contribution in [0.5, 0.6) is 11.5 Å². The van der Waals surface area contributed by atoms with Gasteiger partial charge in [0.25, 0.3) is 5.91 Å². The number of carbonyl (C=O) groups excluding carboxylic acids is 1. The quantitative estimate of drug-likeness (QED) is 0.930. The lowest BCUT2D eigenvalue weighted by atomic mass is 10.1. The highest BCUT2D eigenvalue weighted by Crippen LogP contribution is 2.30. The minimum absolute atomic E-state index is 0.122. The number of pyridine rings is 1. The van der Waals surface area contributed by atoms with Gasteiger partial charge in [-0.2, -0.15) is 0 Å². The van der Waals surface area contributed by atoms with Gasteiger partial charge in [0.2, 0.25) is 0 Å². The first-order valence-electron chi connectivity index (χ1n) is 6.91. The van der Waals surface area contributed by atoms with Crippen LogP contribution in [0.3, 0.4) is 0 Å². The van der Waals surface area contributed by atoms with Crippen molar-refractivity contribution in [2.45, 2.75) is 6.42 Å². The Hall–Kier alpha value is -2.56. The summed E-state index contributed by atoms with van der Waals surface area (Å²) in [5, 5.41) is 2.88. The van der Waals surface area contributed by atoms with E-state index in [0.717, 1.165) is 5.69 Å². The van der Waals surface area contributed by atoms with Gasteiger partial charge in [0.1, 0.15) is 13.2 Å².